The van der Waals surface area contributed by atoms with Crippen molar-refractivity contribution in [3.63, 3.8) is 0 Å². The molecule has 1 N–H and O–H groups in total. The highest BCUT2D eigenvalue weighted by atomic mass is 35.5. The van der Waals surface area contributed by atoms with E-state index in [1.807, 2.05) is 19.9 Å². The van der Waals surface area contributed by atoms with Crippen molar-refractivity contribution < 1.29 is 4.79 Å². The third-order valence-corrected chi connectivity index (χ3v) is 2.77. The summed E-state index contributed by atoms with van der Waals surface area (Å²) >= 11 is 5.94. The van der Waals surface area contributed by atoms with Gasteiger partial charge in [-0.25, -0.2) is 4.98 Å². The fourth-order valence-corrected chi connectivity index (χ4v) is 1.96. The lowest BCUT2D eigenvalue weighted by atomic mass is 10.2. The summed E-state index contributed by atoms with van der Waals surface area (Å²) in [7, 11) is 0. The second-order valence-electron chi connectivity index (χ2n) is 3.70. The van der Waals surface area contributed by atoms with Gasteiger partial charge in [-0.2, -0.15) is 0 Å². The van der Waals surface area contributed by atoms with Crippen molar-refractivity contribution >= 4 is 23.2 Å². The van der Waals surface area contributed by atoms with Gasteiger partial charge >= 0.3 is 0 Å². The Labute approximate surface area is 105 Å². The highest BCUT2D eigenvalue weighted by Gasteiger charge is 2.17. The van der Waals surface area contributed by atoms with Gasteiger partial charge in [-0.15, -0.1) is 0 Å². The minimum Gasteiger partial charge on any atom is -0.351 e. The average Bonchev–Trinajstić information content (AvgIpc) is 2.66. The van der Waals surface area contributed by atoms with Gasteiger partial charge < -0.3 is 5.32 Å². The molecule has 0 aliphatic heterocycles. The molecule has 0 aromatic carbocycles. The van der Waals surface area contributed by atoms with Crippen LogP contribution >= 0.6 is 11.6 Å². The van der Waals surface area contributed by atoms with Crippen LogP contribution in [0, 0.1) is 0 Å². The van der Waals surface area contributed by atoms with Crippen molar-refractivity contribution in [2.45, 2.75) is 20.3 Å². The summed E-state index contributed by atoms with van der Waals surface area (Å²) in [6.07, 6.45) is 2.43. The van der Waals surface area contributed by atoms with E-state index in [-0.39, 0.29) is 5.91 Å². The maximum absolute atomic E-state index is 12.0. The number of amides is 1. The Morgan fingerprint density at radius 2 is 2.24 bits per heavy atom. The van der Waals surface area contributed by atoms with Crippen LogP contribution < -0.4 is 5.32 Å². The fourth-order valence-electron chi connectivity index (χ4n) is 1.80. The van der Waals surface area contributed by atoms with Crippen LogP contribution in [-0.2, 0) is 6.42 Å². The Kier molecular flexibility index (Phi) is 3.33. The molecule has 4 nitrogen and oxygen atoms in total. The fraction of sp³-hybridized carbons (Fsp3) is 0.333. The second-order valence-corrected chi connectivity index (χ2v) is 4.13. The van der Waals surface area contributed by atoms with Gasteiger partial charge in [0.15, 0.2) is 0 Å². The molecule has 0 saturated heterocycles. The Morgan fingerprint density at radius 1 is 1.47 bits per heavy atom. The van der Waals surface area contributed by atoms with Crippen LogP contribution in [0.3, 0.4) is 0 Å². The maximum atomic E-state index is 12.0. The SMILES string of the molecule is CCNC(=O)c1c(CC)nc2ccc(Cl)cn12. The maximum Gasteiger partial charge on any atom is 0.270 e. The van der Waals surface area contributed by atoms with Crippen LogP contribution in [0.4, 0.5) is 0 Å². The van der Waals surface area contributed by atoms with Crippen LogP contribution in [0.2, 0.25) is 5.02 Å². The molecule has 1 amide bonds. The molecule has 0 aliphatic rings. The molecule has 0 bridgehead atoms. The normalized spacial score (nSPS) is 10.8. The van der Waals surface area contributed by atoms with Crippen LogP contribution in [0.15, 0.2) is 18.3 Å². The van der Waals surface area contributed by atoms with Gasteiger partial charge in [0.1, 0.15) is 11.3 Å². The van der Waals surface area contributed by atoms with Crippen molar-refractivity contribution in [2.75, 3.05) is 6.54 Å². The number of nitrogens with zero attached hydrogens (tertiary/aromatic N) is 2. The average molecular weight is 252 g/mol. The third-order valence-electron chi connectivity index (χ3n) is 2.54. The molecule has 17 heavy (non-hydrogen) atoms. The summed E-state index contributed by atoms with van der Waals surface area (Å²) in [6, 6.07) is 3.58. The van der Waals surface area contributed by atoms with Crippen LogP contribution in [-0.4, -0.2) is 21.8 Å². The molecule has 2 rings (SSSR count). The summed E-state index contributed by atoms with van der Waals surface area (Å²) in [5.74, 6) is -0.112. The first-order valence-corrected chi connectivity index (χ1v) is 5.99. The van der Waals surface area contributed by atoms with E-state index in [2.05, 4.69) is 10.3 Å². The molecule has 90 valence electrons. The number of halogens is 1. The molecule has 0 aliphatic carbocycles. The highest BCUT2D eigenvalue weighted by Crippen LogP contribution is 2.17. The summed E-state index contributed by atoms with van der Waals surface area (Å²) in [4.78, 5) is 16.4. The number of nitrogens with one attached hydrogen (secondary N) is 1. The largest absolute Gasteiger partial charge is 0.351 e. The van der Waals surface area contributed by atoms with Gasteiger partial charge in [0, 0.05) is 12.7 Å². The van der Waals surface area contributed by atoms with E-state index < -0.39 is 0 Å². The zero-order chi connectivity index (χ0) is 12.4. The molecular formula is C12H14ClN3O. The van der Waals surface area contributed by atoms with E-state index in [1.165, 1.54) is 0 Å². The molecular weight excluding hydrogens is 238 g/mol. The first-order chi connectivity index (χ1) is 8.17. The number of aromatic nitrogens is 2. The Morgan fingerprint density at radius 3 is 2.88 bits per heavy atom. The number of hydrogen-bond acceptors (Lipinski definition) is 2. The lowest BCUT2D eigenvalue weighted by Gasteiger charge is -2.04. The molecule has 0 fully saturated rings. The standard InChI is InChI=1S/C12H14ClN3O/c1-3-9-11(12(17)14-4-2)16-7-8(13)5-6-10(16)15-9/h5-7H,3-4H2,1-2H3,(H,14,17). The van der Waals surface area contributed by atoms with Crippen molar-refractivity contribution in [2.24, 2.45) is 0 Å². The lowest BCUT2D eigenvalue weighted by molar-refractivity contribution is 0.0949. The summed E-state index contributed by atoms with van der Waals surface area (Å²) in [5, 5.41) is 3.38. The molecule has 0 spiro atoms. The van der Waals surface area contributed by atoms with Gasteiger partial charge in [-0.1, -0.05) is 18.5 Å². The van der Waals surface area contributed by atoms with Gasteiger partial charge in [0.05, 0.1) is 10.7 Å². The van der Waals surface area contributed by atoms with E-state index in [4.69, 9.17) is 11.6 Å². The van der Waals surface area contributed by atoms with Gasteiger partial charge in [-0.3, -0.25) is 9.20 Å². The Hall–Kier alpha value is -1.55. The number of carbonyl (C=O) groups is 1. The van der Waals surface area contributed by atoms with E-state index in [0.717, 1.165) is 11.3 Å². The minimum atomic E-state index is -0.112. The minimum absolute atomic E-state index is 0.112. The first-order valence-electron chi connectivity index (χ1n) is 5.62. The topological polar surface area (TPSA) is 46.4 Å². The molecule has 0 radical (unpaired) electrons. The number of hydrogen-bond donors (Lipinski definition) is 1. The van der Waals surface area contributed by atoms with E-state index >= 15 is 0 Å². The van der Waals surface area contributed by atoms with Gasteiger partial charge in [-0.05, 0) is 25.5 Å². The number of fused-ring (bicyclic) bond motifs is 1. The number of aryl methyl sites for hydroxylation is 1. The molecule has 0 saturated carbocycles. The molecule has 5 heteroatoms. The van der Waals surface area contributed by atoms with E-state index in [0.29, 0.717) is 23.7 Å². The lowest BCUT2D eigenvalue weighted by Crippen LogP contribution is -2.25. The quantitative estimate of drug-likeness (QED) is 0.910. The monoisotopic (exact) mass is 251 g/mol. The van der Waals surface area contributed by atoms with Crippen LogP contribution in [0.1, 0.15) is 30.0 Å². The zero-order valence-corrected chi connectivity index (χ0v) is 10.6. The van der Waals surface area contributed by atoms with Crippen molar-refractivity contribution in [1.82, 2.24) is 14.7 Å². The smallest absolute Gasteiger partial charge is 0.270 e. The predicted octanol–water partition coefficient (Wildman–Crippen LogP) is 2.30. The molecule has 2 aromatic heterocycles. The Bertz CT molecular complexity index is 562. The number of carbonyl (C=O) groups excluding carboxylic acids is 1. The van der Waals surface area contributed by atoms with Crippen molar-refractivity contribution in [1.29, 1.82) is 0 Å². The Balaban J connectivity index is 2.64. The summed E-state index contributed by atoms with van der Waals surface area (Å²) < 4.78 is 1.74. The van der Waals surface area contributed by atoms with Gasteiger partial charge in [0.25, 0.3) is 5.91 Å². The second kappa shape index (κ2) is 4.75. The molecule has 2 aromatic rings. The molecule has 0 unspecified atom stereocenters. The highest BCUT2D eigenvalue weighted by molar-refractivity contribution is 6.30. The number of imidazole rings is 1. The third kappa shape index (κ3) is 2.13. The van der Waals surface area contributed by atoms with Gasteiger partial charge in [0.2, 0.25) is 0 Å². The van der Waals surface area contributed by atoms with Crippen LogP contribution in [0.5, 0.6) is 0 Å². The predicted molar refractivity (Wildman–Crippen MR) is 67.6 cm³/mol. The van der Waals surface area contributed by atoms with Crippen molar-refractivity contribution in [3.05, 3.63) is 34.7 Å². The molecule has 2 heterocycles. The van der Waals surface area contributed by atoms with E-state index in [1.54, 1.807) is 16.7 Å². The van der Waals surface area contributed by atoms with Crippen LogP contribution in [0.25, 0.3) is 5.65 Å². The molecule has 0 atom stereocenters. The summed E-state index contributed by atoms with van der Waals surface area (Å²) in [6.45, 7) is 4.46. The summed E-state index contributed by atoms with van der Waals surface area (Å²) in [5.41, 5.74) is 2.11. The number of rotatable bonds is 3. The number of pyridine rings is 1. The zero-order valence-electron chi connectivity index (χ0n) is 9.83. The van der Waals surface area contributed by atoms with E-state index in [9.17, 15) is 4.79 Å². The first kappa shape index (κ1) is 11.9. The van der Waals surface area contributed by atoms with Crippen molar-refractivity contribution in [3.8, 4) is 0 Å².